The normalized spacial score (nSPS) is 15.9. The maximum absolute atomic E-state index is 6.46. The number of unbranched alkanes of at least 4 members (excludes halogenated alkanes) is 18. The summed E-state index contributed by atoms with van der Waals surface area (Å²) in [5, 5.41) is 0. The molecular formula is C45H84N2O2. The number of likely N-dealkylation sites (N-methyl/N-ethyl adjacent to an activating group) is 1. The summed E-state index contributed by atoms with van der Waals surface area (Å²) < 4.78 is 12.7. The molecule has 1 aliphatic rings. The smallest absolute Gasteiger partial charge is 0.0934 e. The molecular weight excluding hydrogens is 601 g/mol. The first-order valence-corrected chi connectivity index (χ1v) is 21.5. The van der Waals surface area contributed by atoms with Gasteiger partial charge in [-0.05, 0) is 104 Å². The van der Waals surface area contributed by atoms with E-state index in [1.54, 1.807) is 0 Å². The summed E-state index contributed by atoms with van der Waals surface area (Å²) in [4.78, 5) is 5.07. The Hall–Kier alpha value is -1.20. The van der Waals surface area contributed by atoms with Crippen LogP contribution in [0.25, 0.3) is 0 Å². The average Bonchev–Trinajstić information content (AvgIpc) is 3.32. The van der Waals surface area contributed by atoms with Crippen LogP contribution < -0.4 is 0 Å². The van der Waals surface area contributed by atoms with Gasteiger partial charge in [0.25, 0.3) is 0 Å². The Morgan fingerprint density at radius 3 is 1.49 bits per heavy atom. The van der Waals surface area contributed by atoms with E-state index in [0.717, 1.165) is 52.3 Å². The van der Waals surface area contributed by atoms with Crippen molar-refractivity contribution in [3.05, 3.63) is 48.6 Å². The summed E-state index contributed by atoms with van der Waals surface area (Å²) in [5.41, 5.74) is 0. The van der Waals surface area contributed by atoms with Gasteiger partial charge < -0.3 is 14.4 Å². The van der Waals surface area contributed by atoms with Crippen molar-refractivity contribution in [1.82, 2.24) is 9.80 Å². The molecule has 0 saturated carbocycles. The molecule has 4 heteroatoms. The van der Waals surface area contributed by atoms with E-state index in [1.165, 1.54) is 161 Å². The second kappa shape index (κ2) is 38.0. The molecule has 0 amide bonds. The van der Waals surface area contributed by atoms with Gasteiger partial charge in [0.05, 0.1) is 12.7 Å². The summed E-state index contributed by atoms with van der Waals surface area (Å²) in [6.45, 7) is 12.7. The predicted molar refractivity (Wildman–Crippen MR) is 218 cm³/mol. The number of ether oxygens (including phenoxy) is 2. The Morgan fingerprint density at radius 2 is 0.959 bits per heavy atom. The van der Waals surface area contributed by atoms with Gasteiger partial charge in [0.2, 0.25) is 0 Å². The van der Waals surface area contributed by atoms with E-state index in [2.05, 4.69) is 79.3 Å². The van der Waals surface area contributed by atoms with Crippen LogP contribution in [0, 0.1) is 0 Å². The van der Waals surface area contributed by atoms with Crippen molar-refractivity contribution in [2.45, 2.75) is 180 Å². The van der Waals surface area contributed by atoms with Crippen molar-refractivity contribution in [3.8, 4) is 0 Å². The molecule has 1 rings (SSSR count). The summed E-state index contributed by atoms with van der Waals surface area (Å²) in [6.07, 6.45) is 51.1. The standard InChI is InChI=1S/C45H84N2O2/c1-4-6-8-10-12-14-16-18-20-22-24-26-28-30-32-34-41-48-44-45(43-47-38-36-37-46(3)39-40-47)49-42-35-33-31-29-27-25-23-21-19-17-15-13-11-9-7-5-2/h12-15,18-21,45H,4-11,16-17,22-44H2,1-3H3/b14-12-,15-13-,20-18-,21-19-. The summed E-state index contributed by atoms with van der Waals surface area (Å²) in [6, 6.07) is 0. The SMILES string of the molecule is CCCCC/C=C\C/C=C\CCCCCCCCOCC(CN1CCCN(C)CC1)OCCCCCCCC/C=C\C/C=C\CCCCC. The number of hydrogen-bond acceptors (Lipinski definition) is 4. The summed E-state index contributed by atoms with van der Waals surface area (Å²) in [7, 11) is 2.25. The molecule has 0 bridgehead atoms. The molecule has 0 aromatic rings. The first-order valence-electron chi connectivity index (χ1n) is 21.5. The fourth-order valence-corrected chi connectivity index (χ4v) is 6.47. The molecule has 0 aromatic heterocycles. The third-order valence-corrected chi connectivity index (χ3v) is 9.77. The van der Waals surface area contributed by atoms with Crippen molar-refractivity contribution in [1.29, 1.82) is 0 Å². The lowest BCUT2D eigenvalue weighted by atomic mass is 10.1. The van der Waals surface area contributed by atoms with Crippen LogP contribution in [0.4, 0.5) is 0 Å². The van der Waals surface area contributed by atoms with Crippen LogP contribution in [0.3, 0.4) is 0 Å². The first kappa shape index (κ1) is 45.8. The van der Waals surface area contributed by atoms with Crippen molar-refractivity contribution in [2.24, 2.45) is 0 Å². The van der Waals surface area contributed by atoms with Crippen molar-refractivity contribution < 1.29 is 9.47 Å². The molecule has 286 valence electrons. The van der Waals surface area contributed by atoms with Crippen molar-refractivity contribution in [2.75, 3.05) is 59.6 Å². The average molecular weight is 685 g/mol. The number of allylic oxidation sites excluding steroid dienone is 8. The molecule has 0 aromatic carbocycles. The molecule has 1 atom stereocenters. The van der Waals surface area contributed by atoms with Gasteiger partial charge in [-0.1, -0.05) is 140 Å². The van der Waals surface area contributed by atoms with Crippen LogP contribution in [0.2, 0.25) is 0 Å². The van der Waals surface area contributed by atoms with Crippen LogP contribution >= 0.6 is 0 Å². The van der Waals surface area contributed by atoms with Crippen molar-refractivity contribution >= 4 is 0 Å². The number of nitrogens with zero attached hydrogens (tertiary/aromatic N) is 2. The van der Waals surface area contributed by atoms with Crippen molar-refractivity contribution in [3.63, 3.8) is 0 Å². The van der Waals surface area contributed by atoms with Gasteiger partial charge in [0.1, 0.15) is 0 Å². The van der Waals surface area contributed by atoms with E-state index in [4.69, 9.17) is 9.47 Å². The quantitative estimate of drug-likeness (QED) is 0.0490. The Bertz CT molecular complexity index is 776. The minimum absolute atomic E-state index is 0.200. The molecule has 1 fully saturated rings. The van der Waals surface area contributed by atoms with E-state index < -0.39 is 0 Å². The third-order valence-electron chi connectivity index (χ3n) is 9.77. The Kier molecular flexibility index (Phi) is 35.6. The molecule has 1 heterocycles. The lowest BCUT2D eigenvalue weighted by Gasteiger charge is -2.26. The maximum Gasteiger partial charge on any atom is 0.0934 e. The second-order valence-corrected chi connectivity index (χ2v) is 14.7. The van der Waals surface area contributed by atoms with Gasteiger partial charge >= 0.3 is 0 Å². The van der Waals surface area contributed by atoms with Gasteiger partial charge in [-0.3, -0.25) is 4.90 Å². The summed E-state index contributed by atoms with van der Waals surface area (Å²) >= 11 is 0. The number of rotatable bonds is 35. The van der Waals surface area contributed by atoms with E-state index in [-0.39, 0.29) is 6.10 Å². The Labute approximate surface area is 307 Å². The minimum atomic E-state index is 0.200. The predicted octanol–water partition coefficient (Wildman–Crippen LogP) is 12.7. The highest BCUT2D eigenvalue weighted by Gasteiger charge is 2.18. The van der Waals surface area contributed by atoms with Crippen LogP contribution in [0.15, 0.2) is 48.6 Å². The lowest BCUT2D eigenvalue weighted by molar-refractivity contribution is -0.0338. The van der Waals surface area contributed by atoms with E-state index >= 15 is 0 Å². The molecule has 0 radical (unpaired) electrons. The van der Waals surface area contributed by atoms with Crippen LogP contribution in [0.5, 0.6) is 0 Å². The van der Waals surface area contributed by atoms with Crippen LogP contribution in [-0.4, -0.2) is 75.5 Å². The van der Waals surface area contributed by atoms with Gasteiger partial charge in [0.15, 0.2) is 0 Å². The highest BCUT2D eigenvalue weighted by atomic mass is 16.5. The van der Waals surface area contributed by atoms with Gasteiger partial charge in [-0.25, -0.2) is 0 Å². The second-order valence-electron chi connectivity index (χ2n) is 14.7. The molecule has 1 unspecified atom stereocenters. The first-order chi connectivity index (χ1) is 24.3. The fraction of sp³-hybridized carbons (Fsp3) is 0.822. The highest BCUT2D eigenvalue weighted by molar-refractivity contribution is 4.93. The molecule has 4 nitrogen and oxygen atoms in total. The maximum atomic E-state index is 6.46. The molecule has 0 spiro atoms. The van der Waals surface area contributed by atoms with Crippen LogP contribution in [-0.2, 0) is 9.47 Å². The minimum Gasteiger partial charge on any atom is -0.379 e. The zero-order valence-corrected chi connectivity index (χ0v) is 33.2. The zero-order valence-electron chi connectivity index (χ0n) is 33.2. The van der Waals surface area contributed by atoms with Gasteiger partial charge in [-0.2, -0.15) is 0 Å². The van der Waals surface area contributed by atoms with Gasteiger partial charge in [0, 0.05) is 32.8 Å². The van der Waals surface area contributed by atoms with Crippen LogP contribution in [0.1, 0.15) is 174 Å². The topological polar surface area (TPSA) is 24.9 Å². The highest BCUT2D eigenvalue weighted by Crippen LogP contribution is 2.12. The van der Waals surface area contributed by atoms with E-state index in [0.29, 0.717) is 0 Å². The number of hydrogen-bond donors (Lipinski definition) is 0. The zero-order chi connectivity index (χ0) is 35.1. The molecule has 0 N–H and O–H groups in total. The Balaban J connectivity index is 2.09. The monoisotopic (exact) mass is 685 g/mol. The summed E-state index contributed by atoms with van der Waals surface area (Å²) in [5.74, 6) is 0. The molecule has 1 aliphatic heterocycles. The molecule has 49 heavy (non-hydrogen) atoms. The van der Waals surface area contributed by atoms with E-state index in [1.807, 2.05) is 0 Å². The lowest BCUT2D eigenvalue weighted by Crippen LogP contribution is -2.39. The fourth-order valence-electron chi connectivity index (χ4n) is 6.47. The molecule has 1 saturated heterocycles. The Morgan fingerprint density at radius 1 is 0.490 bits per heavy atom. The largest absolute Gasteiger partial charge is 0.379 e. The van der Waals surface area contributed by atoms with E-state index in [9.17, 15) is 0 Å². The third kappa shape index (κ3) is 33.7. The molecule has 0 aliphatic carbocycles. The van der Waals surface area contributed by atoms with Gasteiger partial charge in [-0.15, -0.1) is 0 Å².